The van der Waals surface area contributed by atoms with Crippen molar-refractivity contribution in [2.24, 2.45) is 0 Å². The molecule has 0 radical (unpaired) electrons. The molecule has 1 fully saturated rings. The van der Waals surface area contributed by atoms with E-state index in [1.807, 2.05) is 6.92 Å². The molecule has 0 saturated carbocycles. The molecule has 3 nitrogen and oxygen atoms in total. The molecule has 1 aliphatic rings. The van der Waals surface area contributed by atoms with E-state index in [9.17, 15) is 5.11 Å². The Kier molecular flexibility index (Phi) is 5.00. The van der Waals surface area contributed by atoms with Crippen molar-refractivity contribution in [2.45, 2.75) is 32.4 Å². The molecule has 0 bridgehead atoms. The van der Waals surface area contributed by atoms with Crippen molar-refractivity contribution in [1.82, 2.24) is 4.90 Å². The zero-order chi connectivity index (χ0) is 13.7. The van der Waals surface area contributed by atoms with Crippen LogP contribution in [0.2, 0.25) is 0 Å². The van der Waals surface area contributed by atoms with E-state index in [0.29, 0.717) is 6.61 Å². The third-order valence-electron chi connectivity index (χ3n) is 3.56. The summed E-state index contributed by atoms with van der Waals surface area (Å²) in [4.78, 5) is 2.39. The molecule has 2 rings (SSSR count). The van der Waals surface area contributed by atoms with Crippen LogP contribution in [0.5, 0.6) is 0 Å². The van der Waals surface area contributed by atoms with Crippen LogP contribution in [0.4, 0.5) is 0 Å². The zero-order valence-electron chi connectivity index (χ0n) is 11.6. The first kappa shape index (κ1) is 14.1. The van der Waals surface area contributed by atoms with E-state index in [-0.39, 0.29) is 6.10 Å². The average Bonchev–Trinajstić information content (AvgIpc) is 2.42. The number of piperidine rings is 1. The highest BCUT2D eigenvalue weighted by Crippen LogP contribution is 2.17. The van der Waals surface area contributed by atoms with Gasteiger partial charge in [-0.3, -0.25) is 4.90 Å². The van der Waals surface area contributed by atoms with Gasteiger partial charge in [-0.1, -0.05) is 30.8 Å². The van der Waals surface area contributed by atoms with Crippen molar-refractivity contribution in [2.75, 3.05) is 19.7 Å². The maximum absolute atomic E-state index is 9.49. The normalized spacial score (nSPS) is 17.4. The van der Waals surface area contributed by atoms with Gasteiger partial charge < -0.3 is 9.84 Å². The van der Waals surface area contributed by atoms with E-state index in [1.165, 1.54) is 5.56 Å². The van der Waals surface area contributed by atoms with Gasteiger partial charge in [-0.25, -0.2) is 0 Å². The third kappa shape index (κ3) is 4.08. The monoisotopic (exact) mass is 261 g/mol. The number of aliphatic hydroxyl groups excluding tert-OH is 1. The summed E-state index contributed by atoms with van der Waals surface area (Å²) in [5.41, 5.74) is 2.34. The number of rotatable bonds is 5. The molecule has 0 spiro atoms. The van der Waals surface area contributed by atoms with Crippen LogP contribution in [0.3, 0.4) is 0 Å². The molecule has 0 atom stereocenters. The number of hydrogen-bond acceptors (Lipinski definition) is 3. The van der Waals surface area contributed by atoms with Gasteiger partial charge in [0.05, 0.1) is 12.7 Å². The van der Waals surface area contributed by atoms with Crippen LogP contribution >= 0.6 is 0 Å². The highest BCUT2D eigenvalue weighted by atomic mass is 16.5. The SMILES string of the molecule is C=C(OCC)c1ccc(CN2CCC(O)CC2)cc1. The van der Waals surface area contributed by atoms with Gasteiger partial charge in [0.2, 0.25) is 0 Å². The number of ether oxygens (including phenoxy) is 1. The number of nitrogens with zero attached hydrogens (tertiary/aromatic N) is 1. The van der Waals surface area contributed by atoms with Crippen LogP contribution in [-0.4, -0.2) is 35.8 Å². The Labute approximate surface area is 115 Å². The molecule has 3 heteroatoms. The Hall–Kier alpha value is -1.32. The van der Waals surface area contributed by atoms with Gasteiger partial charge >= 0.3 is 0 Å². The summed E-state index contributed by atoms with van der Waals surface area (Å²) in [7, 11) is 0. The first-order valence-corrected chi connectivity index (χ1v) is 7.00. The molecule has 19 heavy (non-hydrogen) atoms. The van der Waals surface area contributed by atoms with Crippen LogP contribution in [-0.2, 0) is 11.3 Å². The van der Waals surface area contributed by atoms with Gasteiger partial charge in [0.15, 0.2) is 0 Å². The Balaban J connectivity index is 1.90. The Bertz CT molecular complexity index is 405. The van der Waals surface area contributed by atoms with Gasteiger partial charge in [-0.2, -0.15) is 0 Å². The second-order valence-electron chi connectivity index (χ2n) is 5.06. The Morgan fingerprint density at radius 1 is 1.32 bits per heavy atom. The molecule has 1 heterocycles. The lowest BCUT2D eigenvalue weighted by molar-refractivity contribution is 0.0792. The largest absolute Gasteiger partial charge is 0.494 e. The molecule has 1 aromatic rings. The van der Waals surface area contributed by atoms with Crippen molar-refractivity contribution in [3.8, 4) is 0 Å². The lowest BCUT2D eigenvalue weighted by atomic mass is 10.1. The van der Waals surface area contributed by atoms with Gasteiger partial charge in [0.1, 0.15) is 5.76 Å². The standard InChI is InChI=1S/C16H23NO2/c1-3-19-13(2)15-6-4-14(5-7-15)12-17-10-8-16(18)9-11-17/h4-7,16,18H,2-3,8-12H2,1H3. The highest BCUT2D eigenvalue weighted by molar-refractivity contribution is 5.57. The minimum absolute atomic E-state index is 0.104. The lowest BCUT2D eigenvalue weighted by Crippen LogP contribution is -2.35. The molecule has 0 aromatic heterocycles. The molecule has 1 aromatic carbocycles. The molecule has 0 aliphatic carbocycles. The fourth-order valence-corrected chi connectivity index (χ4v) is 2.39. The van der Waals surface area contributed by atoms with Crippen LogP contribution in [0.15, 0.2) is 30.8 Å². The van der Waals surface area contributed by atoms with Crippen molar-refractivity contribution >= 4 is 5.76 Å². The quantitative estimate of drug-likeness (QED) is 0.827. The molecule has 0 amide bonds. The fraction of sp³-hybridized carbons (Fsp3) is 0.500. The maximum atomic E-state index is 9.49. The second-order valence-corrected chi connectivity index (χ2v) is 5.06. The lowest BCUT2D eigenvalue weighted by Gasteiger charge is -2.29. The minimum atomic E-state index is -0.104. The summed E-state index contributed by atoms with van der Waals surface area (Å²) in [5, 5.41) is 9.49. The maximum Gasteiger partial charge on any atom is 0.119 e. The number of benzene rings is 1. The van der Waals surface area contributed by atoms with Crippen molar-refractivity contribution in [1.29, 1.82) is 0 Å². The second kappa shape index (κ2) is 6.73. The first-order chi connectivity index (χ1) is 9.19. The average molecular weight is 261 g/mol. The van der Waals surface area contributed by atoms with Crippen LogP contribution in [0, 0.1) is 0 Å². The van der Waals surface area contributed by atoms with Gasteiger partial charge in [0.25, 0.3) is 0 Å². The Morgan fingerprint density at radius 2 is 1.95 bits per heavy atom. The van der Waals surface area contributed by atoms with Gasteiger partial charge in [0, 0.05) is 25.2 Å². The van der Waals surface area contributed by atoms with E-state index in [4.69, 9.17) is 4.74 Å². The summed E-state index contributed by atoms with van der Waals surface area (Å²) in [6, 6.07) is 8.38. The number of likely N-dealkylation sites (tertiary alicyclic amines) is 1. The molecule has 0 unspecified atom stereocenters. The van der Waals surface area contributed by atoms with E-state index >= 15 is 0 Å². The summed E-state index contributed by atoms with van der Waals surface area (Å²) >= 11 is 0. The predicted octanol–water partition coefficient (Wildman–Crippen LogP) is 2.65. The van der Waals surface area contributed by atoms with Crippen molar-refractivity contribution in [3.05, 3.63) is 42.0 Å². The smallest absolute Gasteiger partial charge is 0.119 e. The zero-order valence-corrected chi connectivity index (χ0v) is 11.6. The third-order valence-corrected chi connectivity index (χ3v) is 3.56. The molecule has 104 valence electrons. The first-order valence-electron chi connectivity index (χ1n) is 7.00. The van der Waals surface area contributed by atoms with E-state index in [0.717, 1.165) is 43.8 Å². The van der Waals surface area contributed by atoms with Gasteiger partial charge in [-0.15, -0.1) is 0 Å². The summed E-state index contributed by atoms with van der Waals surface area (Å²) in [6.07, 6.45) is 1.67. The van der Waals surface area contributed by atoms with E-state index in [1.54, 1.807) is 0 Å². The van der Waals surface area contributed by atoms with Crippen molar-refractivity contribution in [3.63, 3.8) is 0 Å². The van der Waals surface area contributed by atoms with Crippen molar-refractivity contribution < 1.29 is 9.84 Å². The van der Waals surface area contributed by atoms with E-state index < -0.39 is 0 Å². The Morgan fingerprint density at radius 3 is 2.53 bits per heavy atom. The van der Waals surface area contributed by atoms with Gasteiger partial charge in [-0.05, 0) is 25.3 Å². The van der Waals surface area contributed by atoms with E-state index in [2.05, 4.69) is 35.7 Å². The van der Waals surface area contributed by atoms with Crippen LogP contribution in [0.25, 0.3) is 5.76 Å². The van der Waals surface area contributed by atoms with Crippen LogP contribution in [0.1, 0.15) is 30.9 Å². The number of aliphatic hydroxyl groups is 1. The summed E-state index contributed by atoms with van der Waals surface area (Å²) in [6.45, 7) is 9.43. The molecule has 1 N–H and O–H groups in total. The fourth-order valence-electron chi connectivity index (χ4n) is 2.39. The topological polar surface area (TPSA) is 32.7 Å². The minimum Gasteiger partial charge on any atom is -0.494 e. The molecular weight excluding hydrogens is 238 g/mol. The highest BCUT2D eigenvalue weighted by Gasteiger charge is 2.16. The molecule has 1 saturated heterocycles. The van der Waals surface area contributed by atoms with Crippen LogP contribution < -0.4 is 0 Å². The predicted molar refractivity (Wildman–Crippen MR) is 77.6 cm³/mol. The molecular formula is C16H23NO2. The summed E-state index contributed by atoms with van der Waals surface area (Å²) < 4.78 is 5.40. The summed E-state index contributed by atoms with van der Waals surface area (Å²) in [5.74, 6) is 0.732. The molecule has 1 aliphatic heterocycles. The number of hydrogen-bond donors (Lipinski definition) is 1.